The summed E-state index contributed by atoms with van der Waals surface area (Å²) in [6.07, 6.45) is 5.61. The molecule has 1 amide bonds. The van der Waals surface area contributed by atoms with Crippen molar-refractivity contribution in [3.63, 3.8) is 0 Å². The van der Waals surface area contributed by atoms with E-state index in [9.17, 15) is 13.6 Å². The van der Waals surface area contributed by atoms with Gasteiger partial charge in [-0.1, -0.05) is 0 Å². The number of piperidine rings is 1. The van der Waals surface area contributed by atoms with Crippen LogP contribution < -0.4 is 15.8 Å². The highest BCUT2D eigenvalue weighted by molar-refractivity contribution is 6.11. The molecule has 1 aliphatic rings. The first-order chi connectivity index (χ1) is 13.9. The molecule has 3 aromatic heterocycles. The van der Waals surface area contributed by atoms with Crippen molar-refractivity contribution in [1.29, 1.82) is 0 Å². The molecule has 0 aromatic carbocycles. The lowest BCUT2D eigenvalue weighted by atomic mass is 10.1. The number of nitrogens with two attached hydrogens (primary N) is 1. The number of nitrogen functional groups attached to an aromatic ring is 1. The SMILES string of the molecule is CN1CCC(Oc2c(F)cncc2NC(=O)c2c(N)nn3cc(F)cnc23)CC1. The third-order valence-electron chi connectivity index (χ3n) is 4.75. The maximum atomic E-state index is 14.4. The molecule has 29 heavy (non-hydrogen) atoms. The molecule has 3 aromatic rings. The standard InChI is InChI=1S/C18H19F2N7O2/c1-26-4-2-11(3-5-26)29-15-12(20)7-22-8-13(15)24-18(28)14-16(21)25-27-9-10(19)6-23-17(14)27/h6-9,11H,2-5H2,1H3,(H2,21,25)(H,24,28). The van der Waals surface area contributed by atoms with Crippen LogP contribution in [0.15, 0.2) is 24.8 Å². The second-order valence-corrected chi connectivity index (χ2v) is 6.87. The zero-order valence-electron chi connectivity index (χ0n) is 15.6. The third-order valence-corrected chi connectivity index (χ3v) is 4.75. The summed E-state index contributed by atoms with van der Waals surface area (Å²) < 4.78 is 34.7. The number of rotatable bonds is 4. The van der Waals surface area contributed by atoms with E-state index in [0.717, 1.165) is 49.0 Å². The molecule has 1 saturated heterocycles. The van der Waals surface area contributed by atoms with E-state index in [1.807, 2.05) is 7.05 Å². The van der Waals surface area contributed by atoms with E-state index >= 15 is 0 Å². The Labute approximate surface area is 164 Å². The fraction of sp³-hybridized carbons (Fsp3) is 0.333. The van der Waals surface area contributed by atoms with Gasteiger partial charge in [0.15, 0.2) is 28.8 Å². The van der Waals surface area contributed by atoms with Crippen molar-refractivity contribution < 1.29 is 18.3 Å². The quantitative estimate of drug-likeness (QED) is 0.682. The van der Waals surface area contributed by atoms with Gasteiger partial charge < -0.3 is 20.7 Å². The van der Waals surface area contributed by atoms with Crippen molar-refractivity contribution in [2.24, 2.45) is 0 Å². The van der Waals surface area contributed by atoms with Gasteiger partial charge in [0, 0.05) is 13.1 Å². The van der Waals surface area contributed by atoms with E-state index in [1.54, 1.807) is 0 Å². The smallest absolute Gasteiger partial charge is 0.263 e. The molecule has 0 saturated carbocycles. The van der Waals surface area contributed by atoms with Crippen molar-refractivity contribution in [2.75, 3.05) is 31.2 Å². The highest BCUT2D eigenvalue weighted by Gasteiger charge is 2.25. The van der Waals surface area contributed by atoms with Crippen LogP contribution in [0.4, 0.5) is 20.3 Å². The zero-order valence-corrected chi connectivity index (χ0v) is 15.6. The predicted molar refractivity (Wildman–Crippen MR) is 101 cm³/mol. The number of pyridine rings is 1. The van der Waals surface area contributed by atoms with Gasteiger partial charge in [-0.05, 0) is 19.9 Å². The van der Waals surface area contributed by atoms with Crippen molar-refractivity contribution in [3.8, 4) is 5.75 Å². The van der Waals surface area contributed by atoms with Crippen LogP contribution in [0.25, 0.3) is 5.65 Å². The number of amides is 1. The predicted octanol–water partition coefficient (Wildman–Crippen LogP) is 1.71. The number of nitrogens with one attached hydrogen (secondary N) is 1. The first-order valence-electron chi connectivity index (χ1n) is 9.02. The van der Waals surface area contributed by atoms with Gasteiger partial charge in [0.05, 0.1) is 24.8 Å². The average Bonchev–Trinajstić information content (AvgIpc) is 3.01. The number of aromatic nitrogens is 4. The molecule has 1 fully saturated rings. The Morgan fingerprint density at radius 1 is 1.28 bits per heavy atom. The van der Waals surface area contributed by atoms with Crippen LogP contribution in [-0.4, -0.2) is 56.6 Å². The maximum absolute atomic E-state index is 14.4. The van der Waals surface area contributed by atoms with Crippen LogP contribution in [0.5, 0.6) is 5.75 Å². The van der Waals surface area contributed by atoms with Crippen LogP contribution in [0.1, 0.15) is 23.2 Å². The summed E-state index contributed by atoms with van der Waals surface area (Å²) in [4.78, 5) is 22.6. The lowest BCUT2D eigenvalue weighted by Gasteiger charge is -2.29. The van der Waals surface area contributed by atoms with E-state index < -0.39 is 17.5 Å². The number of likely N-dealkylation sites (tertiary alicyclic amines) is 1. The Morgan fingerprint density at radius 2 is 2.03 bits per heavy atom. The molecule has 0 unspecified atom stereocenters. The largest absolute Gasteiger partial charge is 0.485 e. The van der Waals surface area contributed by atoms with Crippen LogP contribution in [0.2, 0.25) is 0 Å². The number of anilines is 2. The second-order valence-electron chi connectivity index (χ2n) is 6.87. The molecule has 0 aliphatic carbocycles. The molecule has 0 spiro atoms. The number of halogens is 2. The minimum absolute atomic E-state index is 0.0560. The Balaban J connectivity index is 1.61. The number of ether oxygens (including phenoxy) is 1. The first kappa shape index (κ1) is 19.0. The molecule has 11 heteroatoms. The van der Waals surface area contributed by atoms with Crippen LogP contribution >= 0.6 is 0 Å². The van der Waals surface area contributed by atoms with Gasteiger partial charge in [-0.2, -0.15) is 0 Å². The summed E-state index contributed by atoms with van der Waals surface area (Å²) >= 11 is 0. The second kappa shape index (κ2) is 7.59. The Bertz CT molecular complexity index is 1060. The summed E-state index contributed by atoms with van der Waals surface area (Å²) in [5.74, 6) is -2.22. The lowest BCUT2D eigenvalue weighted by molar-refractivity contribution is 0.102. The fourth-order valence-corrected chi connectivity index (χ4v) is 3.23. The van der Waals surface area contributed by atoms with E-state index in [0.29, 0.717) is 0 Å². The van der Waals surface area contributed by atoms with Gasteiger partial charge in [0.25, 0.3) is 5.91 Å². The van der Waals surface area contributed by atoms with E-state index in [4.69, 9.17) is 10.5 Å². The lowest BCUT2D eigenvalue weighted by Crippen LogP contribution is -2.36. The van der Waals surface area contributed by atoms with Crippen LogP contribution in [-0.2, 0) is 0 Å². The topological polar surface area (TPSA) is 111 Å². The highest BCUT2D eigenvalue weighted by atomic mass is 19.1. The molecule has 0 radical (unpaired) electrons. The van der Waals surface area contributed by atoms with E-state index in [-0.39, 0.29) is 34.6 Å². The number of carbonyl (C=O) groups is 1. The van der Waals surface area contributed by atoms with Crippen LogP contribution in [0, 0.1) is 11.6 Å². The molecular weight excluding hydrogens is 384 g/mol. The maximum Gasteiger partial charge on any atom is 0.263 e. The summed E-state index contributed by atoms with van der Waals surface area (Å²) in [7, 11) is 2.01. The Hall–Kier alpha value is -3.34. The molecule has 9 nitrogen and oxygen atoms in total. The Kier molecular flexibility index (Phi) is 4.97. The molecular formula is C18H19F2N7O2. The van der Waals surface area contributed by atoms with Crippen molar-refractivity contribution in [2.45, 2.75) is 18.9 Å². The van der Waals surface area contributed by atoms with E-state index in [2.05, 4.69) is 25.3 Å². The molecule has 3 N–H and O–H groups in total. The van der Waals surface area contributed by atoms with E-state index in [1.165, 1.54) is 6.20 Å². The minimum Gasteiger partial charge on any atom is -0.485 e. The number of carbonyl (C=O) groups excluding carboxylic acids is 1. The summed E-state index contributed by atoms with van der Waals surface area (Å²) in [5, 5.41) is 6.44. The first-order valence-corrected chi connectivity index (χ1v) is 9.02. The van der Waals surface area contributed by atoms with Gasteiger partial charge in [-0.25, -0.2) is 18.3 Å². The number of hydrogen-bond acceptors (Lipinski definition) is 7. The van der Waals surface area contributed by atoms with Gasteiger partial charge in [-0.15, -0.1) is 5.10 Å². The van der Waals surface area contributed by atoms with Gasteiger partial charge >= 0.3 is 0 Å². The highest BCUT2D eigenvalue weighted by Crippen LogP contribution is 2.30. The normalized spacial score (nSPS) is 15.6. The molecule has 1 aliphatic heterocycles. The van der Waals surface area contributed by atoms with Crippen molar-refractivity contribution >= 4 is 23.1 Å². The summed E-state index contributed by atoms with van der Waals surface area (Å²) in [6, 6.07) is 0. The fourth-order valence-electron chi connectivity index (χ4n) is 3.23. The number of hydrogen-bond donors (Lipinski definition) is 2. The van der Waals surface area contributed by atoms with Gasteiger partial charge in [0.1, 0.15) is 17.4 Å². The number of nitrogens with zero attached hydrogens (tertiary/aromatic N) is 5. The minimum atomic E-state index is -0.685. The summed E-state index contributed by atoms with van der Waals surface area (Å²) in [5.41, 5.74) is 5.89. The monoisotopic (exact) mass is 403 g/mol. The molecule has 4 heterocycles. The molecule has 0 bridgehead atoms. The molecule has 0 atom stereocenters. The Morgan fingerprint density at radius 3 is 2.79 bits per heavy atom. The van der Waals surface area contributed by atoms with Gasteiger partial charge in [0.2, 0.25) is 0 Å². The molecule has 152 valence electrons. The van der Waals surface area contributed by atoms with Crippen molar-refractivity contribution in [3.05, 3.63) is 42.0 Å². The average molecular weight is 403 g/mol. The molecule has 4 rings (SSSR count). The summed E-state index contributed by atoms with van der Waals surface area (Å²) in [6.45, 7) is 1.67. The van der Waals surface area contributed by atoms with Crippen molar-refractivity contribution in [1.82, 2.24) is 24.5 Å². The number of fused-ring (bicyclic) bond motifs is 1. The zero-order chi connectivity index (χ0) is 20.5. The van der Waals surface area contributed by atoms with Gasteiger partial charge in [-0.3, -0.25) is 9.78 Å². The van der Waals surface area contributed by atoms with Crippen LogP contribution in [0.3, 0.4) is 0 Å². The third kappa shape index (κ3) is 3.81.